The predicted octanol–water partition coefficient (Wildman–Crippen LogP) is 2.44. The zero-order valence-electron chi connectivity index (χ0n) is 8.77. The van der Waals surface area contributed by atoms with E-state index in [0.717, 1.165) is 37.1 Å². The molecule has 0 aliphatic carbocycles. The maximum atomic E-state index is 5.85. The molecular formula is C11H12ClN3O. The largest absolute Gasteiger partial charge is 0.381 e. The highest BCUT2D eigenvalue weighted by atomic mass is 35.5. The fourth-order valence-electron chi connectivity index (χ4n) is 2.04. The molecule has 0 N–H and O–H groups in total. The molecule has 3 heterocycles. The topological polar surface area (TPSA) is 39.9 Å². The van der Waals surface area contributed by atoms with Crippen molar-refractivity contribution >= 4 is 22.6 Å². The number of ether oxygens (including phenoxy) is 1. The Morgan fingerprint density at radius 2 is 2.06 bits per heavy atom. The first-order valence-electron chi connectivity index (χ1n) is 5.42. The van der Waals surface area contributed by atoms with Crippen LogP contribution in [0.1, 0.15) is 18.9 Å². The van der Waals surface area contributed by atoms with Crippen molar-refractivity contribution < 1.29 is 4.74 Å². The van der Waals surface area contributed by atoms with Gasteiger partial charge in [0.1, 0.15) is 16.2 Å². The van der Waals surface area contributed by atoms with E-state index in [1.54, 1.807) is 6.07 Å². The van der Waals surface area contributed by atoms with E-state index in [1.165, 1.54) is 0 Å². The first-order valence-corrected chi connectivity index (χ1v) is 5.80. The molecule has 0 bridgehead atoms. The SMILES string of the molecule is Clc1ccc2nn(C3CCOCC3)cc2n1. The summed E-state index contributed by atoms with van der Waals surface area (Å²) in [5.74, 6) is 0. The molecule has 2 aromatic rings. The molecule has 0 aromatic carbocycles. The number of hydrogen-bond acceptors (Lipinski definition) is 3. The Morgan fingerprint density at radius 3 is 2.88 bits per heavy atom. The standard InChI is InChI=1S/C11H12ClN3O/c12-11-2-1-9-10(13-11)7-15(14-9)8-3-5-16-6-4-8/h1-2,7-8H,3-6H2. The average Bonchev–Trinajstić information content (AvgIpc) is 2.73. The molecule has 0 unspecified atom stereocenters. The highest BCUT2D eigenvalue weighted by Gasteiger charge is 2.17. The van der Waals surface area contributed by atoms with Gasteiger partial charge in [-0.05, 0) is 25.0 Å². The molecule has 3 rings (SSSR count). The minimum atomic E-state index is 0.432. The highest BCUT2D eigenvalue weighted by molar-refractivity contribution is 6.29. The minimum absolute atomic E-state index is 0.432. The predicted molar refractivity (Wildman–Crippen MR) is 61.6 cm³/mol. The van der Waals surface area contributed by atoms with Crippen LogP contribution in [0, 0.1) is 0 Å². The summed E-state index contributed by atoms with van der Waals surface area (Å²) in [5.41, 5.74) is 1.76. The molecule has 5 heteroatoms. The lowest BCUT2D eigenvalue weighted by atomic mass is 10.1. The van der Waals surface area contributed by atoms with Gasteiger partial charge in [-0.1, -0.05) is 11.6 Å². The van der Waals surface area contributed by atoms with Gasteiger partial charge in [-0.3, -0.25) is 4.68 Å². The van der Waals surface area contributed by atoms with Gasteiger partial charge >= 0.3 is 0 Å². The van der Waals surface area contributed by atoms with Crippen LogP contribution in [-0.2, 0) is 4.74 Å². The van der Waals surface area contributed by atoms with E-state index in [2.05, 4.69) is 10.1 Å². The first-order chi connectivity index (χ1) is 7.83. The molecule has 0 amide bonds. The van der Waals surface area contributed by atoms with Gasteiger partial charge in [0.05, 0.1) is 12.2 Å². The van der Waals surface area contributed by atoms with Crippen molar-refractivity contribution in [2.75, 3.05) is 13.2 Å². The Bertz CT molecular complexity index is 505. The number of halogens is 1. The van der Waals surface area contributed by atoms with Crippen LogP contribution < -0.4 is 0 Å². The Morgan fingerprint density at radius 1 is 1.25 bits per heavy atom. The third kappa shape index (κ3) is 1.79. The fourth-order valence-corrected chi connectivity index (χ4v) is 2.19. The molecule has 1 aliphatic rings. The number of pyridine rings is 1. The van der Waals surface area contributed by atoms with Crippen LogP contribution >= 0.6 is 11.6 Å². The summed E-state index contributed by atoms with van der Waals surface area (Å²) in [5, 5.41) is 5.03. The van der Waals surface area contributed by atoms with Gasteiger partial charge in [0, 0.05) is 13.2 Å². The lowest BCUT2D eigenvalue weighted by Gasteiger charge is -2.21. The molecule has 4 nitrogen and oxygen atoms in total. The number of hydrogen-bond donors (Lipinski definition) is 0. The third-order valence-electron chi connectivity index (χ3n) is 2.91. The van der Waals surface area contributed by atoms with Crippen LogP contribution in [0.2, 0.25) is 5.15 Å². The van der Waals surface area contributed by atoms with Gasteiger partial charge in [0.2, 0.25) is 0 Å². The van der Waals surface area contributed by atoms with Crippen molar-refractivity contribution in [2.45, 2.75) is 18.9 Å². The summed E-state index contributed by atoms with van der Waals surface area (Å²) in [4.78, 5) is 4.24. The third-order valence-corrected chi connectivity index (χ3v) is 3.12. The van der Waals surface area contributed by atoms with E-state index in [9.17, 15) is 0 Å². The Kier molecular flexibility index (Phi) is 2.53. The van der Waals surface area contributed by atoms with Gasteiger partial charge in [0.25, 0.3) is 0 Å². The molecule has 1 fully saturated rings. The van der Waals surface area contributed by atoms with Crippen LogP contribution in [0.5, 0.6) is 0 Å². The lowest BCUT2D eigenvalue weighted by Crippen LogP contribution is -2.19. The summed E-state index contributed by atoms with van der Waals surface area (Å²) >= 11 is 5.85. The Labute approximate surface area is 98.2 Å². The second-order valence-corrected chi connectivity index (χ2v) is 4.38. The molecule has 1 saturated heterocycles. The summed E-state index contributed by atoms with van der Waals surface area (Å²) in [7, 11) is 0. The van der Waals surface area contributed by atoms with E-state index < -0.39 is 0 Å². The van der Waals surface area contributed by atoms with Crippen molar-refractivity contribution in [3.8, 4) is 0 Å². The smallest absolute Gasteiger partial charge is 0.129 e. The van der Waals surface area contributed by atoms with Gasteiger partial charge in [-0.25, -0.2) is 4.98 Å². The van der Waals surface area contributed by atoms with E-state index in [4.69, 9.17) is 16.3 Å². The van der Waals surface area contributed by atoms with Gasteiger partial charge in [0.15, 0.2) is 0 Å². The minimum Gasteiger partial charge on any atom is -0.381 e. The molecule has 0 atom stereocenters. The zero-order valence-corrected chi connectivity index (χ0v) is 9.52. The van der Waals surface area contributed by atoms with Crippen LogP contribution in [0.4, 0.5) is 0 Å². The molecule has 84 valence electrons. The molecule has 0 spiro atoms. The second-order valence-electron chi connectivity index (χ2n) is 3.99. The fraction of sp³-hybridized carbons (Fsp3) is 0.455. The van der Waals surface area contributed by atoms with Crippen molar-refractivity contribution in [2.24, 2.45) is 0 Å². The van der Waals surface area contributed by atoms with E-state index in [0.29, 0.717) is 11.2 Å². The van der Waals surface area contributed by atoms with Crippen LogP contribution in [0.3, 0.4) is 0 Å². The summed E-state index contributed by atoms with van der Waals surface area (Å²) in [6, 6.07) is 4.10. The monoisotopic (exact) mass is 237 g/mol. The zero-order chi connectivity index (χ0) is 11.0. The first kappa shape index (κ1) is 10.1. The van der Waals surface area contributed by atoms with E-state index in [-0.39, 0.29) is 0 Å². The van der Waals surface area contributed by atoms with Crippen LogP contribution in [0.15, 0.2) is 18.3 Å². The molecule has 16 heavy (non-hydrogen) atoms. The second kappa shape index (κ2) is 4.03. The molecular weight excluding hydrogens is 226 g/mol. The van der Waals surface area contributed by atoms with Crippen LogP contribution in [0.25, 0.3) is 11.0 Å². The summed E-state index contributed by atoms with van der Waals surface area (Å²) in [6.07, 6.45) is 4.00. The molecule has 1 aliphatic heterocycles. The van der Waals surface area contributed by atoms with Crippen molar-refractivity contribution in [1.82, 2.24) is 14.8 Å². The van der Waals surface area contributed by atoms with E-state index in [1.807, 2.05) is 16.9 Å². The summed E-state index contributed by atoms with van der Waals surface area (Å²) in [6.45, 7) is 1.63. The number of fused-ring (bicyclic) bond motifs is 1. The number of rotatable bonds is 1. The van der Waals surface area contributed by atoms with Crippen molar-refractivity contribution in [3.05, 3.63) is 23.5 Å². The average molecular weight is 238 g/mol. The van der Waals surface area contributed by atoms with Crippen molar-refractivity contribution in [3.63, 3.8) is 0 Å². The molecule has 0 saturated carbocycles. The molecule has 2 aromatic heterocycles. The lowest BCUT2D eigenvalue weighted by molar-refractivity contribution is 0.0664. The van der Waals surface area contributed by atoms with Crippen LogP contribution in [-0.4, -0.2) is 28.0 Å². The molecule has 0 radical (unpaired) electrons. The quantitative estimate of drug-likeness (QED) is 0.716. The van der Waals surface area contributed by atoms with Gasteiger partial charge in [-0.2, -0.15) is 5.10 Å². The Hall–Kier alpha value is -1.13. The number of nitrogens with zero attached hydrogens (tertiary/aromatic N) is 3. The number of aromatic nitrogens is 3. The Balaban J connectivity index is 1.97. The summed E-state index contributed by atoms with van der Waals surface area (Å²) < 4.78 is 7.33. The van der Waals surface area contributed by atoms with Gasteiger partial charge < -0.3 is 4.74 Å². The van der Waals surface area contributed by atoms with Gasteiger partial charge in [-0.15, -0.1) is 0 Å². The van der Waals surface area contributed by atoms with Crippen molar-refractivity contribution in [1.29, 1.82) is 0 Å². The maximum Gasteiger partial charge on any atom is 0.129 e. The van der Waals surface area contributed by atoms with E-state index >= 15 is 0 Å². The highest BCUT2D eigenvalue weighted by Crippen LogP contribution is 2.22. The normalized spacial score (nSPS) is 18.1. The maximum absolute atomic E-state index is 5.85.